The first-order valence-electron chi connectivity index (χ1n) is 46.9. The van der Waals surface area contributed by atoms with Crippen LogP contribution < -0.4 is 0 Å². The van der Waals surface area contributed by atoms with Gasteiger partial charge in [0.05, 0.1) is 5.56 Å². The van der Waals surface area contributed by atoms with Crippen LogP contribution in [0.3, 0.4) is 0 Å². The van der Waals surface area contributed by atoms with Gasteiger partial charge in [-0.15, -0.1) is 22.7 Å². The van der Waals surface area contributed by atoms with Gasteiger partial charge in [-0.05, 0) is 146 Å². The van der Waals surface area contributed by atoms with Crippen LogP contribution in [0.5, 0.6) is 0 Å². The Kier molecular flexibility index (Phi) is 22.7. The third kappa shape index (κ3) is 16.9. The van der Waals surface area contributed by atoms with Gasteiger partial charge >= 0.3 is 0 Å². The van der Waals surface area contributed by atoms with E-state index in [0.29, 0.717) is 46.6 Å². The fourth-order valence-corrected chi connectivity index (χ4v) is 21.7. The van der Waals surface area contributed by atoms with E-state index in [2.05, 4.69) is 267 Å². The molecule has 17 nitrogen and oxygen atoms in total. The lowest BCUT2D eigenvalue weighted by atomic mass is 9.82. The lowest BCUT2D eigenvalue weighted by molar-refractivity contribution is 0.660. The molecule has 0 radical (unpaired) electrons. The average molecular weight is 1860 g/mol. The van der Waals surface area contributed by atoms with E-state index in [4.69, 9.17) is 38.7 Å². The van der Waals surface area contributed by atoms with Crippen molar-refractivity contribution in [1.29, 1.82) is 0 Å². The second-order valence-corrected chi connectivity index (χ2v) is 38.3. The van der Waals surface area contributed by atoms with Crippen molar-refractivity contribution in [3.05, 3.63) is 427 Å². The summed E-state index contributed by atoms with van der Waals surface area (Å²) in [6.45, 7) is 18.8. The van der Waals surface area contributed by atoms with E-state index < -0.39 is 0 Å². The topological polar surface area (TPSA) is 220 Å². The van der Waals surface area contributed by atoms with Crippen molar-refractivity contribution < 1.29 is 8.83 Å². The Morgan fingerprint density at radius 2 is 0.482 bits per heavy atom. The molecule has 0 saturated heterocycles. The predicted octanol–water partition coefficient (Wildman–Crippen LogP) is 30.7. The smallest absolute Gasteiger partial charge is 0.167 e. The standard InChI is InChI=1S/C34H29N3.2C22H15N3O.2C22H15N3S/c1-20-35-31(21-14-16-25-23-10-6-8-12-27(23)33(2,3)29(25)18-21)37-32(36-20)22-15-17-26-24-11-7-9-13-28(24)34(4,5)30(26)19-22;1-14-23-21(15-8-3-2-4-9-15)25-22(24-14)18-12-7-11-17-16-10-5-6-13-19(16)26-20(17)18;1-14-23-21(15-7-3-2-4-8-15)25-22(24-14)16-11-12-18-17-9-5-6-10-19(17)26-20(18)13-16;1-14-23-21(15-8-3-2-4-9-15)25-22(24-14)18-12-7-11-17-16-10-5-6-13-19(16)26-20(17)18;1-14-23-21(15-7-3-2-4-8-15)25-22(24-14)16-11-12-18-17-9-5-6-10-19(17)26-20(18)13-16/h6-19H,1-5H3;4*2-13H,1H3. The van der Waals surface area contributed by atoms with Crippen molar-refractivity contribution in [2.75, 3.05) is 0 Å². The zero-order valence-corrected chi connectivity index (χ0v) is 80.3. The molecule has 2 aliphatic rings. The Hall–Kier alpha value is -17.4. The van der Waals surface area contributed by atoms with Crippen molar-refractivity contribution in [3.8, 4) is 136 Å². The Labute approximate surface area is 821 Å². The highest BCUT2D eigenvalue weighted by Gasteiger charge is 2.38. The van der Waals surface area contributed by atoms with E-state index in [1.54, 1.807) is 22.7 Å². The van der Waals surface area contributed by atoms with Crippen LogP contribution >= 0.6 is 22.7 Å². The fraction of sp³-hybridized carbons (Fsp3) is 0.0902. The third-order valence-electron chi connectivity index (χ3n) is 26.1. The molecular formula is C122H89N15O2S2. The number of furan rings is 2. The molecule has 0 spiro atoms. The van der Waals surface area contributed by atoms with Crippen LogP contribution in [0, 0.1) is 34.6 Å². The van der Waals surface area contributed by atoms with Gasteiger partial charge in [-0.2, -0.15) is 0 Å². The Morgan fingerprint density at radius 3 is 0.957 bits per heavy atom. The molecule has 0 amide bonds. The first kappa shape index (κ1) is 87.6. The summed E-state index contributed by atoms with van der Waals surface area (Å²) in [6.07, 6.45) is 0. The monoisotopic (exact) mass is 1860 g/mol. The van der Waals surface area contributed by atoms with E-state index in [0.717, 1.165) is 140 Å². The summed E-state index contributed by atoms with van der Waals surface area (Å²) in [6, 6.07) is 129. The molecule has 0 N–H and O–H groups in total. The maximum atomic E-state index is 6.12. The molecule has 27 rings (SSSR count). The summed E-state index contributed by atoms with van der Waals surface area (Å²) in [5.41, 5.74) is 23.8. The number of hydrogen-bond donors (Lipinski definition) is 0. The van der Waals surface area contributed by atoms with Crippen LogP contribution in [-0.4, -0.2) is 74.8 Å². The summed E-state index contributed by atoms with van der Waals surface area (Å²) >= 11 is 3.59. The zero-order valence-electron chi connectivity index (χ0n) is 78.6. The minimum atomic E-state index is -0.0621. The number of thiophene rings is 2. The number of benzene rings is 16. The largest absolute Gasteiger partial charge is 0.456 e. The Bertz CT molecular complexity index is 8630. The Morgan fingerprint density at radius 1 is 0.184 bits per heavy atom. The highest BCUT2D eigenvalue weighted by atomic mass is 32.1. The minimum absolute atomic E-state index is 0.0621. The van der Waals surface area contributed by atoms with Crippen LogP contribution in [0.15, 0.2) is 385 Å². The van der Waals surface area contributed by atoms with Gasteiger partial charge in [-0.3, -0.25) is 0 Å². The van der Waals surface area contributed by atoms with Crippen molar-refractivity contribution in [2.45, 2.75) is 73.1 Å². The van der Waals surface area contributed by atoms with E-state index >= 15 is 0 Å². The fourth-order valence-electron chi connectivity index (χ4n) is 19.3. The summed E-state index contributed by atoms with van der Waals surface area (Å²) < 4.78 is 17.2. The molecule has 19 heteroatoms. The van der Waals surface area contributed by atoms with Crippen molar-refractivity contribution in [1.82, 2.24) is 74.8 Å². The summed E-state index contributed by atoms with van der Waals surface area (Å²) in [5, 5.41) is 9.49. The third-order valence-corrected chi connectivity index (χ3v) is 28.5. The molecule has 676 valence electrons. The van der Waals surface area contributed by atoms with Crippen LogP contribution in [0.1, 0.15) is 79.1 Å². The first-order valence-corrected chi connectivity index (χ1v) is 48.5. The predicted molar refractivity (Wildman–Crippen MR) is 573 cm³/mol. The van der Waals surface area contributed by atoms with Crippen LogP contribution in [0.25, 0.3) is 220 Å². The molecule has 0 saturated carbocycles. The van der Waals surface area contributed by atoms with Gasteiger partial charge in [0.2, 0.25) is 0 Å². The van der Waals surface area contributed by atoms with Gasteiger partial charge in [0, 0.05) is 123 Å². The summed E-state index contributed by atoms with van der Waals surface area (Å²) in [7, 11) is 0. The van der Waals surface area contributed by atoms with E-state index in [1.165, 1.54) is 84.9 Å². The lowest BCUT2D eigenvalue weighted by Crippen LogP contribution is -2.15. The lowest BCUT2D eigenvalue weighted by Gasteiger charge is -2.22. The SMILES string of the molecule is Cc1nc(-c2ccc3c(c2)C(C)(C)c2ccccc2-3)nc(-c2ccc3c(c2)C(C)(C)c2ccccc2-3)n1.Cc1nc(-c2ccccc2)nc(-c2ccc3c(c2)oc2ccccc23)n1.Cc1nc(-c2ccccc2)nc(-c2ccc3c(c2)sc2ccccc23)n1.Cc1nc(-c2ccccc2)nc(-c2cccc3c2oc2ccccc23)n1.Cc1nc(-c2ccccc2)nc(-c2cccc3c2sc2ccccc23)n1. The van der Waals surface area contributed by atoms with Crippen LogP contribution in [-0.2, 0) is 10.8 Å². The number of hydrogen-bond acceptors (Lipinski definition) is 19. The molecule has 0 bridgehead atoms. The highest BCUT2D eigenvalue weighted by molar-refractivity contribution is 7.26. The number of para-hydroxylation sites is 3. The molecule has 0 aliphatic heterocycles. The van der Waals surface area contributed by atoms with Gasteiger partial charge in [0.1, 0.15) is 51.5 Å². The minimum Gasteiger partial charge on any atom is -0.456 e. The molecule has 25 aromatic rings. The number of fused-ring (bicyclic) bond motifs is 18. The number of aryl methyl sites for hydroxylation is 5. The molecule has 0 fully saturated rings. The summed E-state index contributed by atoms with van der Waals surface area (Å²) in [4.78, 5) is 69.7. The van der Waals surface area contributed by atoms with Gasteiger partial charge in [0.15, 0.2) is 58.2 Å². The van der Waals surface area contributed by atoms with Crippen molar-refractivity contribution >= 4 is 107 Å². The second kappa shape index (κ2) is 36.6. The van der Waals surface area contributed by atoms with Crippen LogP contribution in [0.4, 0.5) is 0 Å². The molecule has 141 heavy (non-hydrogen) atoms. The van der Waals surface area contributed by atoms with Gasteiger partial charge < -0.3 is 8.83 Å². The quantitative estimate of drug-likeness (QED) is 0.124. The molecule has 9 heterocycles. The van der Waals surface area contributed by atoms with E-state index in [-0.39, 0.29) is 10.8 Å². The number of nitrogens with zero attached hydrogens (tertiary/aromatic N) is 15. The van der Waals surface area contributed by atoms with Gasteiger partial charge in [0.25, 0.3) is 0 Å². The molecular weight excluding hydrogens is 1770 g/mol. The first-order chi connectivity index (χ1) is 68.9. The maximum Gasteiger partial charge on any atom is 0.167 e. The van der Waals surface area contributed by atoms with Crippen LogP contribution in [0.2, 0.25) is 0 Å². The normalized spacial score (nSPS) is 12.4. The number of aromatic nitrogens is 15. The molecule has 2 aliphatic carbocycles. The average Bonchev–Trinajstić information content (AvgIpc) is 1.58. The highest BCUT2D eigenvalue weighted by Crippen LogP contribution is 2.52. The van der Waals surface area contributed by atoms with E-state index in [9.17, 15) is 0 Å². The Balaban J connectivity index is 0.0000000990. The molecule has 0 atom stereocenters. The number of rotatable bonds is 10. The van der Waals surface area contributed by atoms with Gasteiger partial charge in [-0.25, -0.2) is 74.8 Å². The summed E-state index contributed by atoms with van der Waals surface area (Å²) in [5.74, 6) is 10.5. The molecule has 9 aromatic heterocycles. The zero-order chi connectivity index (χ0) is 95.6. The molecule has 0 unspecified atom stereocenters. The van der Waals surface area contributed by atoms with Gasteiger partial charge in [-0.1, -0.05) is 337 Å². The molecule has 16 aromatic carbocycles. The maximum absolute atomic E-state index is 6.12. The van der Waals surface area contributed by atoms with Crippen molar-refractivity contribution in [2.24, 2.45) is 0 Å². The van der Waals surface area contributed by atoms with Crippen molar-refractivity contribution in [3.63, 3.8) is 0 Å². The van der Waals surface area contributed by atoms with E-state index in [1.807, 2.05) is 217 Å². The second-order valence-electron chi connectivity index (χ2n) is 36.2.